The molecule has 10 heteroatoms. The van der Waals surface area contributed by atoms with Gasteiger partial charge in [0.15, 0.2) is 16.3 Å². The predicted molar refractivity (Wildman–Crippen MR) is 184 cm³/mol. The number of carbonyl (C=O) groups excluding carboxylic acids is 1. The summed E-state index contributed by atoms with van der Waals surface area (Å²) in [5.74, 6) is 0.448. The molecule has 0 saturated carbocycles. The number of hydrogen-bond donors (Lipinski definition) is 0. The highest BCUT2D eigenvalue weighted by molar-refractivity contribution is 9.10. The zero-order valence-corrected chi connectivity index (χ0v) is 28.7. The van der Waals surface area contributed by atoms with Crippen LogP contribution in [0.2, 0.25) is 0 Å². The van der Waals surface area contributed by atoms with Crippen LogP contribution in [0.1, 0.15) is 49.2 Å². The summed E-state index contributed by atoms with van der Waals surface area (Å²) < 4.78 is 22.6. The van der Waals surface area contributed by atoms with E-state index in [-0.39, 0.29) is 17.7 Å². The maximum Gasteiger partial charge on any atom is 0.338 e. The van der Waals surface area contributed by atoms with Crippen LogP contribution in [0.15, 0.2) is 92.3 Å². The minimum absolute atomic E-state index is 0.187. The number of nitrogens with zero attached hydrogens (tertiary/aromatic N) is 3. The Labute approximate surface area is 279 Å². The minimum atomic E-state index is -0.825. The van der Waals surface area contributed by atoms with E-state index in [1.807, 2.05) is 49.4 Å². The Morgan fingerprint density at radius 1 is 1.02 bits per heavy atom. The molecule has 0 radical (unpaired) electrons. The van der Waals surface area contributed by atoms with E-state index in [4.69, 9.17) is 19.2 Å². The van der Waals surface area contributed by atoms with E-state index in [2.05, 4.69) is 51.7 Å². The Morgan fingerprint density at radius 3 is 2.50 bits per heavy atom. The third kappa shape index (κ3) is 5.60. The average Bonchev–Trinajstić information content (AvgIpc) is 3.50. The SMILES string of the molecule is CCOC(=O)C1=C(C)N=c2s/c(=C/c3c(C)n(Cc4ccc(Br)cc4)c4ccccc34)c(=O)n2[C@H]1c1cccc(OC)c1OCC. The molecule has 3 aromatic carbocycles. The molecule has 2 aromatic heterocycles. The summed E-state index contributed by atoms with van der Waals surface area (Å²) in [4.78, 5) is 33.2. The van der Waals surface area contributed by atoms with Gasteiger partial charge in [-0.25, -0.2) is 9.79 Å². The zero-order chi connectivity index (χ0) is 32.5. The van der Waals surface area contributed by atoms with E-state index >= 15 is 0 Å². The molecule has 0 fully saturated rings. The Hall–Kier alpha value is -4.41. The van der Waals surface area contributed by atoms with Crippen LogP contribution in [0.3, 0.4) is 0 Å². The molecule has 5 aromatic rings. The predicted octanol–water partition coefficient (Wildman–Crippen LogP) is 6.28. The van der Waals surface area contributed by atoms with Crippen molar-refractivity contribution in [3.8, 4) is 11.5 Å². The first-order chi connectivity index (χ1) is 22.3. The molecule has 3 heterocycles. The van der Waals surface area contributed by atoms with Crippen LogP contribution in [0.25, 0.3) is 17.0 Å². The lowest BCUT2D eigenvalue weighted by molar-refractivity contribution is -0.139. The smallest absolute Gasteiger partial charge is 0.338 e. The summed E-state index contributed by atoms with van der Waals surface area (Å²) in [5.41, 5.74) is 5.40. The van der Waals surface area contributed by atoms with Crippen LogP contribution in [0, 0.1) is 6.92 Å². The maximum absolute atomic E-state index is 14.5. The number of methoxy groups -OCH3 is 1. The highest BCUT2D eigenvalue weighted by Gasteiger charge is 2.36. The number of para-hydroxylation sites is 2. The van der Waals surface area contributed by atoms with Crippen LogP contribution < -0.4 is 24.4 Å². The first kappa shape index (κ1) is 31.6. The second kappa shape index (κ2) is 13.1. The number of rotatable bonds is 9. The van der Waals surface area contributed by atoms with Crippen molar-refractivity contribution in [3.05, 3.63) is 125 Å². The van der Waals surface area contributed by atoms with Crippen LogP contribution >= 0.6 is 27.3 Å². The summed E-state index contributed by atoms with van der Waals surface area (Å²) in [7, 11) is 1.57. The van der Waals surface area contributed by atoms with E-state index in [1.165, 1.54) is 16.9 Å². The fourth-order valence-corrected chi connectivity index (χ4v) is 7.33. The third-order valence-electron chi connectivity index (χ3n) is 8.14. The standard InChI is InChI=1S/C36H34BrN3O5S/c1-6-44-33-26(12-10-14-29(33)43-5)32-31(35(42)45-7-2)21(3)38-36-40(32)34(41)30(46-36)19-27-22(4)39(28-13-9-8-11-25(27)28)20-23-15-17-24(37)18-16-23/h8-19,32H,6-7,20H2,1-5H3/b30-19+/t32-/m0/s1. The van der Waals surface area contributed by atoms with Crippen molar-refractivity contribution >= 4 is 50.2 Å². The van der Waals surface area contributed by atoms with E-state index in [0.717, 1.165) is 26.6 Å². The highest BCUT2D eigenvalue weighted by Crippen LogP contribution is 2.41. The first-order valence-electron chi connectivity index (χ1n) is 15.1. The lowest BCUT2D eigenvalue weighted by atomic mass is 9.94. The van der Waals surface area contributed by atoms with Crippen molar-refractivity contribution in [2.24, 2.45) is 4.99 Å². The Morgan fingerprint density at radius 2 is 1.78 bits per heavy atom. The van der Waals surface area contributed by atoms with Gasteiger partial charge in [0.25, 0.3) is 5.56 Å². The summed E-state index contributed by atoms with van der Waals surface area (Å²) in [6, 6.07) is 21.2. The number of halogens is 1. The number of thiazole rings is 1. The van der Waals surface area contributed by atoms with Gasteiger partial charge in [-0.3, -0.25) is 9.36 Å². The van der Waals surface area contributed by atoms with E-state index < -0.39 is 12.0 Å². The zero-order valence-electron chi connectivity index (χ0n) is 26.3. The molecule has 1 atom stereocenters. The molecule has 0 saturated heterocycles. The number of benzene rings is 3. The third-order valence-corrected chi connectivity index (χ3v) is 9.65. The molecular formula is C36H34BrN3O5S. The molecule has 0 spiro atoms. The summed E-state index contributed by atoms with van der Waals surface area (Å²) in [5, 5.41) is 1.05. The Bertz CT molecular complexity index is 2180. The number of carbonyl (C=O) groups is 1. The van der Waals surface area contributed by atoms with Crippen molar-refractivity contribution < 1.29 is 19.0 Å². The molecule has 0 N–H and O–H groups in total. The first-order valence-corrected chi connectivity index (χ1v) is 16.7. The van der Waals surface area contributed by atoms with E-state index in [1.54, 1.807) is 31.6 Å². The summed E-state index contributed by atoms with van der Waals surface area (Å²) in [6.45, 7) is 8.74. The summed E-state index contributed by atoms with van der Waals surface area (Å²) >= 11 is 4.83. The second-order valence-electron chi connectivity index (χ2n) is 10.8. The molecule has 0 unspecified atom stereocenters. The van der Waals surface area contributed by atoms with Gasteiger partial charge < -0.3 is 18.8 Å². The molecule has 46 heavy (non-hydrogen) atoms. The van der Waals surface area contributed by atoms with Crippen molar-refractivity contribution in [1.29, 1.82) is 0 Å². The topological polar surface area (TPSA) is 84.1 Å². The molecule has 8 nitrogen and oxygen atoms in total. The number of aromatic nitrogens is 2. The van der Waals surface area contributed by atoms with Gasteiger partial charge in [-0.1, -0.05) is 69.7 Å². The van der Waals surface area contributed by atoms with Crippen LogP contribution in [0.4, 0.5) is 0 Å². The molecular weight excluding hydrogens is 666 g/mol. The normalized spacial score (nSPS) is 14.7. The monoisotopic (exact) mass is 699 g/mol. The van der Waals surface area contributed by atoms with Gasteiger partial charge in [-0.15, -0.1) is 0 Å². The van der Waals surface area contributed by atoms with E-state index in [9.17, 15) is 9.59 Å². The lowest BCUT2D eigenvalue weighted by Gasteiger charge is -2.26. The highest BCUT2D eigenvalue weighted by atomic mass is 79.9. The van der Waals surface area contributed by atoms with Gasteiger partial charge in [-0.2, -0.15) is 0 Å². The minimum Gasteiger partial charge on any atom is -0.493 e. The average molecular weight is 701 g/mol. The van der Waals surface area contributed by atoms with Gasteiger partial charge in [0.2, 0.25) is 0 Å². The van der Waals surface area contributed by atoms with Gasteiger partial charge in [0, 0.05) is 38.7 Å². The quantitative estimate of drug-likeness (QED) is 0.169. The van der Waals surface area contributed by atoms with Crippen LogP contribution in [-0.4, -0.2) is 35.4 Å². The van der Waals surface area contributed by atoms with Crippen LogP contribution in [-0.2, 0) is 16.1 Å². The van der Waals surface area contributed by atoms with Gasteiger partial charge >= 0.3 is 5.97 Å². The molecule has 6 rings (SSSR count). The number of fused-ring (bicyclic) bond motifs is 2. The largest absolute Gasteiger partial charge is 0.493 e. The molecule has 0 aliphatic carbocycles. The Kier molecular flexibility index (Phi) is 9.02. The molecule has 0 amide bonds. The number of allylic oxidation sites excluding steroid dienone is 1. The second-order valence-corrected chi connectivity index (χ2v) is 12.8. The number of ether oxygens (including phenoxy) is 3. The van der Waals surface area contributed by atoms with Crippen molar-refractivity contribution in [2.75, 3.05) is 20.3 Å². The van der Waals surface area contributed by atoms with Gasteiger partial charge in [0.1, 0.15) is 6.04 Å². The Balaban J connectivity index is 1.57. The van der Waals surface area contributed by atoms with Gasteiger partial charge in [0.05, 0.1) is 36.1 Å². The molecule has 236 valence electrons. The van der Waals surface area contributed by atoms with E-state index in [0.29, 0.717) is 45.2 Å². The van der Waals surface area contributed by atoms with Crippen molar-refractivity contribution in [1.82, 2.24) is 9.13 Å². The fraction of sp³-hybridized carbons (Fsp3) is 0.250. The van der Waals surface area contributed by atoms with Crippen molar-refractivity contribution in [3.63, 3.8) is 0 Å². The molecule has 0 bridgehead atoms. The summed E-state index contributed by atoms with van der Waals surface area (Å²) in [6.07, 6.45) is 1.95. The fourth-order valence-electron chi connectivity index (χ4n) is 6.04. The number of hydrogen-bond acceptors (Lipinski definition) is 7. The number of esters is 1. The lowest BCUT2D eigenvalue weighted by Crippen LogP contribution is -2.40. The molecule has 1 aliphatic heterocycles. The molecule has 1 aliphatic rings. The maximum atomic E-state index is 14.5. The van der Waals surface area contributed by atoms with Crippen molar-refractivity contribution in [2.45, 2.75) is 40.3 Å². The van der Waals surface area contributed by atoms with Crippen LogP contribution in [0.5, 0.6) is 11.5 Å². The van der Waals surface area contributed by atoms with Gasteiger partial charge in [-0.05, 0) is 63.6 Å².